The molecule has 326 valence electrons. The fraction of sp³-hybridized carbons (Fsp3) is 0.227. The lowest BCUT2D eigenvalue weighted by Crippen LogP contribution is -2.46. The molecule has 3 N–H and O–H groups in total. The zero-order chi connectivity index (χ0) is 44.3. The first-order valence-corrected chi connectivity index (χ1v) is 23.6. The normalized spacial score (nSPS) is 12.2. The first-order valence-electron chi connectivity index (χ1n) is 19.1. The van der Waals surface area contributed by atoms with Gasteiger partial charge in [-0.05, 0) is 98.6 Å². The Morgan fingerprint density at radius 3 is 1.87 bits per heavy atom. The first kappa shape index (κ1) is 46.0. The van der Waals surface area contributed by atoms with E-state index in [1.165, 1.54) is 10.9 Å². The molecule has 5 aromatic carbocycles. The number of amides is 1. The Morgan fingerprint density at radius 2 is 1.34 bits per heavy atom. The van der Waals surface area contributed by atoms with Crippen LogP contribution in [-0.4, -0.2) is 96.4 Å². The van der Waals surface area contributed by atoms with Crippen LogP contribution >= 0.6 is 32.0 Å². The Hall–Kier alpha value is -5.51. The number of carbonyl (C=O) groups excluding carboxylic acids is 1. The van der Waals surface area contributed by atoms with E-state index in [2.05, 4.69) is 42.9 Å². The van der Waals surface area contributed by atoms with E-state index in [0.29, 0.717) is 39.5 Å². The predicted molar refractivity (Wildman–Crippen MR) is 249 cm³/mol. The fourth-order valence-corrected chi connectivity index (χ4v) is 11.4. The summed E-state index contributed by atoms with van der Waals surface area (Å²) in [5, 5.41) is 26.5. The van der Waals surface area contributed by atoms with Gasteiger partial charge in [-0.3, -0.25) is 0 Å². The summed E-state index contributed by atoms with van der Waals surface area (Å²) < 4.78 is 56.3. The number of nitrogens with zero attached hydrogens (tertiary/aromatic N) is 5. The summed E-state index contributed by atoms with van der Waals surface area (Å²) in [4.78, 5) is 14.2. The fourth-order valence-electron chi connectivity index (χ4n) is 6.35. The molecule has 0 saturated carbocycles. The van der Waals surface area contributed by atoms with E-state index in [-0.39, 0.29) is 35.3 Å². The van der Waals surface area contributed by atoms with E-state index in [9.17, 15) is 18.3 Å². The number of aromatic nitrogens is 4. The second-order valence-corrected chi connectivity index (χ2v) is 19.5. The number of aliphatic hydroxyl groups is 1. The van der Waals surface area contributed by atoms with Gasteiger partial charge in [-0.2, -0.15) is 4.80 Å². The van der Waals surface area contributed by atoms with Gasteiger partial charge in [-0.25, -0.2) is 22.2 Å². The van der Waals surface area contributed by atoms with E-state index in [0.717, 1.165) is 22.3 Å². The molecule has 0 fully saturated rings. The Labute approximate surface area is 375 Å². The average molecular weight is 994 g/mol. The van der Waals surface area contributed by atoms with Gasteiger partial charge in [-0.15, -0.1) is 19.6 Å². The quantitative estimate of drug-likeness (QED) is 0.0581. The van der Waals surface area contributed by atoms with Crippen molar-refractivity contribution in [2.24, 2.45) is 0 Å². The first-order chi connectivity index (χ1) is 29.8. The van der Waals surface area contributed by atoms with Crippen LogP contribution < -0.4 is 24.2 Å². The molecule has 62 heavy (non-hydrogen) atoms. The van der Waals surface area contributed by atoms with Crippen molar-refractivity contribution in [2.45, 2.75) is 42.1 Å². The second-order valence-electron chi connectivity index (χ2n) is 14.0. The molecule has 0 aliphatic heterocycles. The summed E-state index contributed by atoms with van der Waals surface area (Å²) in [6.07, 6.45) is -0.778. The summed E-state index contributed by atoms with van der Waals surface area (Å²) in [5.74, 6) is 11.7. The van der Waals surface area contributed by atoms with Crippen molar-refractivity contribution in [3.05, 3.63) is 141 Å². The van der Waals surface area contributed by atoms with Crippen LogP contribution in [0.1, 0.15) is 22.3 Å². The molecule has 6 rings (SSSR count). The van der Waals surface area contributed by atoms with Crippen molar-refractivity contribution in [1.29, 1.82) is 0 Å². The highest BCUT2D eigenvalue weighted by molar-refractivity contribution is 14.1. The van der Waals surface area contributed by atoms with Crippen molar-refractivity contribution in [2.75, 3.05) is 34.5 Å². The lowest BCUT2D eigenvalue weighted by Gasteiger charge is -2.34. The molecule has 1 aromatic heterocycles. The number of ether oxygens (including phenoxy) is 4. The van der Waals surface area contributed by atoms with Crippen LogP contribution in [0.5, 0.6) is 17.2 Å². The highest BCUT2D eigenvalue weighted by Gasteiger charge is 2.32. The molecule has 0 aliphatic rings. The van der Waals surface area contributed by atoms with Gasteiger partial charge in [0.15, 0.2) is 0 Å². The summed E-state index contributed by atoms with van der Waals surface area (Å²) >= 11 is 2.13. The maximum atomic E-state index is 14.8. The SMILES string of the molecule is C=S(=C)(c1c(S(=O)(=O)N[C@H](CO)CNC(=O)OCc2ccccc2)ccc(I)c1-c1nnn(Cc2ccc(OC)cc2)n1)N(Cc1ccc(OC)cc1)Cc1ccc(OC)cc1. The lowest BCUT2D eigenvalue weighted by molar-refractivity contribution is 0.137. The van der Waals surface area contributed by atoms with E-state index in [1.54, 1.807) is 27.4 Å². The number of tetrazole rings is 1. The van der Waals surface area contributed by atoms with Crippen molar-refractivity contribution < 1.29 is 37.3 Å². The van der Waals surface area contributed by atoms with Crippen molar-refractivity contribution in [3.8, 4) is 28.6 Å². The lowest BCUT2D eigenvalue weighted by atomic mass is 10.2. The zero-order valence-corrected chi connectivity index (χ0v) is 38.2. The predicted octanol–water partition coefficient (Wildman–Crippen LogP) is 6.23. The number of carbonyl (C=O) groups is 1. The molecule has 0 bridgehead atoms. The van der Waals surface area contributed by atoms with Gasteiger partial charge >= 0.3 is 6.09 Å². The Balaban J connectivity index is 1.42. The molecule has 0 aliphatic carbocycles. The van der Waals surface area contributed by atoms with E-state index >= 15 is 0 Å². The van der Waals surface area contributed by atoms with Crippen molar-refractivity contribution in [3.63, 3.8) is 0 Å². The molecule has 0 saturated heterocycles. The largest absolute Gasteiger partial charge is 0.497 e. The number of hydrogen-bond donors (Lipinski definition) is 3. The van der Waals surface area contributed by atoms with E-state index < -0.39 is 38.2 Å². The smallest absolute Gasteiger partial charge is 0.407 e. The highest BCUT2D eigenvalue weighted by Crippen LogP contribution is 2.48. The van der Waals surface area contributed by atoms with Gasteiger partial charge in [0.05, 0.1) is 51.0 Å². The van der Waals surface area contributed by atoms with Gasteiger partial charge in [0, 0.05) is 28.1 Å². The minimum Gasteiger partial charge on any atom is -0.497 e. The maximum absolute atomic E-state index is 14.8. The summed E-state index contributed by atoms with van der Waals surface area (Å²) in [6, 6.07) is 33.7. The van der Waals surface area contributed by atoms with Gasteiger partial charge in [0.1, 0.15) is 23.9 Å². The van der Waals surface area contributed by atoms with Crippen LogP contribution in [0.25, 0.3) is 11.4 Å². The maximum Gasteiger partial charge on any atom is 0.407 e. The van der Waals surface area contributed by atoms with Crippen LogP contribution in [0.3, 0.4) is 0 Å². The molecule has 15 nitrogen and oxygen atoms in total. The molecule has 0 radical (unpaired) electrons. The number of aliphatic hydroxyl groups excluding tert-OH is 1. The van der Waals surface area contributed by atoms with Gasteiger partial charge in [-0.1, -0.05) is 78.5 Å². The minimum atomic E-state index is -4.50. The van der Waals surface area contributed by atoms with Crippen molar-refractivity contribution in [1.82, 2.24) is 34.6 Å². The molecule has 1 heterocycles. The average Bonchev–Trinajstić information content (AvgIpc) is 3.75. The molecule has 0 spiro atoms. The van der Waals surface area contributed by atoms with Gasteiger partial charge < -0.3 is 29.4 Å². The molecule has 1 amide bonds. The van der Waals surface area contributed by atoms with Crippen LogP contribution in [-0.2, 0) is 41.0 Å². The highest BCUT2D eigenvalue weighted by atomic mass is 127. The number of hydrogen-bond acceptors (Lipinski definition) is 12. The molecular formula is C44H48IN7O8S2. The number of benzene rings is 5. The zero-order valence-electron chi connectivity index (χ0n) is 34.4. The standard InChI is InChI=1S/C44H48IN7O8S2/c1-57-36-17-11-31(12-18-36)26-51(27-32-13-19-37(58-2)20-14-32)61(4,5)42-40(62(55,56)49-35(29-53)25-46-44(54)60-30-34-9-7-6-8-10-34)24-23-39(45)41(42)43-47-50-52(48-43)28-33-15-21-38(59-3)22-16-33/h6-24,35,49,53H,4-5,25-30H2,1-3H3,(H,46,54)/t35-/m0/s1. The topological polar surface area (TPSA) is 179 Å². The van der Waals surface area contributed by atoms with E-state index in [4.69, 9.17) is 35.8 Å². The summed E-state index contributed by atoms with van der Waals surface area (Å²) in [6.45, 7) is -0.0126. The van der Waals surface area contributed by atoms with Crippen LogP contribution in [0.4, 0.5) is 4.79 Å². The molecule has 18 heteroatoms. The van der Waals surface area contributed by atoms with Gasteiger partial charge in [0.2, 0.25) is 15.8 Å². The Kier molecular flexibility index (Phi) is 15.6. The number of methoxy groups -OCH3 is 3. The van der Waals surface area contributed by atoms with E-state index in [1.807, 2.05) is 107 Å². The van der Waals surface area contributed by atoms with Gasteiger partial charge in [0.25, 0.3) is 0 Å². The van der Waals surface area contributed by atoms with Crippen molar-refractivity contribution >= 4 is 59.8 Å². The molecule has 0 unspecified atom stereocenters. The van der Waals surface area contributed by atoms with Crippen LogP contribution in [0.15, 0.2) is 125 Å². The number of nitrogens with one attached hydrogen (secondary N) is 2. The summed E-state index contributed by atoms with van der Waals surface area (Å²) in [7, 11) is -2.56. The molecular weight excluding hydrogens is 946 g/mol. The van der Waals surface area contributed by atoms with Crippen LogP contribution in [0.2, 0.25) is 0 Å². The third-order valence-corrected chi connectivity index (χ3v) is 14.7. The number of sulfonamides is 1. The number of rotatable bonds is 20. The number of alkyl carbamates (subject to hydrolysis) is 1. The Bertz CT molecular complexity index is 2600. The second kappa shape index (κ2) is 21.0. The Morgan fingerprint density at radius 1 is 0.790 bits per heavy atom. The third kappa shape index (κ3) is 11.7. The number of halogens is 1. The monoisotopic (exact) mass is 993 g/mol. The minimum absolute atomic E-state index is 0.0111. The summed E-state index contributed by atoms with van der Waals surface area (Å²) in [5.41, 5.74) is 3.84. The molecule has 1 atom stereocenters. The molecule has 6 aromatic rings. The van der Waals surface area contributed by atoms with Crippen LogP contribution in [0, 0.1) is 3.57 Å². The third-order valence-electron chi connectivity index (χ3n) is 9.68.